The zero-order valence-corrected chi connectivity index (χ0v) is 7.95. The minimum absolute atomic E-state index is 0.447. The first kappa shape index (κ1) is 9.27. The fourth-order valence-corrected chi connectivity index (χ4v) is 1.25. The average Bonchev–Trinajstić information content (AvgIpc) is 1.99. The van der Waals surface area contributed by atoms with Crippen LogP contribution in [0.25, 0.3) is 0 Å². The number of benzene rings is 1. The first-order valence-electron chi connectivity index (χ1n) is 3.47. The van der Waals surface area contributed by atoms with Gasteiger partial charge in [0.25, 0.3) is 0 Å². The Balaban J connectivity index is 3.31. The third-order valence-electron chi connectivity index (χ3n) is 1.77. The predicted molar refractivity (Wildman–Crippen MR) is 54.4 cm³/mol. The molecule has 4 heteroatoms. The van der Waals surface area contributed by atoms with E-state index in [-0.39, 0.29) is 0 Å². The van der Waals surface area contributed by atoms with Crippen LogP contribution in [-0.2, 0) is 0 Å². The molecule has 2 radical (unpaired) electrons. The Bertz CT molecular complexity index is 315. The quantitative estimate of drug-likeness (QED) is 0.451. The summed E-state index contributed by atoms with van der Waals surface area (Å²) in [5.74, 6) is -0.453. The van der Waals surface area contributed by atoms with Gasteiger partial charge in [-0.05, 0) is 18.3 Å². The molecular weight excluding hydrogens is 168 g/mol. The second kappa shape index (κ2) is 3.28. The third-order valence-corrected chi connectivity index (χ3v) is 2.37. The van der Waals surface area contributed by atoms with Crippen molar-refractivity contribution in [3.05, 3.63) is 23.3 Å². The number of amides is 1. The minimum atomic E-state index is -0.453. The summed E-state index contributed by atoms with van der Waals surface area (Å²) in [7, 11) is 8.15. The van der Waals surface area contributed by atoms with E-state index in [2.05, 4.69) is 9.24 Å². The summed E-state index contributed by atoms with van der Waals surface area (Å²) in [6.07, 6.45) is 0. The van der Waals surface area contributed by atoms with E-state index in [0.717, 1.165) is 10.9 Å². The molecule has 0 aromatic heterocycles. The molecule has 1 rings (SSSR count). The van der Waals surface area contributed by atoms with Crippen molar-refractivity contribution < 1.29 is 4.79 Å². The maximum absolute atomic E-state index is 10.8. The predicted octanol–water partition coefficient (Wildman–Crippen LogP) is -0.612. The molecule has 0 saturated carbocycles. The number of nitrogens with two attached hydrogens (primary N) is 1. The SMILES string of the molecule is [B]c1cc(C(N)=O)cc(P)c1C. The maximum Gasteiger partial charge on any atom is 0.248 e. The van der Waals surface area contributed by atoms with Gasteiger partial charge in [-0.2, -0.15) is 0 Å². The lowest BCUT2D eigenvalue weighted by atomic mass is 9.89. The lowest BCUT2D eigenvalue weighted by molar-refractivity contribution is 0.100. The van der Waals surface area contributed by atoms with Crippen molar-refractivity contribution in [2.24, 2.45) is 5.73 Å². The highest BCUT2D eigenvalue weighted by Gasteiger charge is 2.04. The van der Waals surface area contributed by atoms with Crippen LogP contribution in [0.15, 0.2) is 12.1 Å². The van der Waals surface area contributed by atoms with Crippen LogP contribution in [0.2, 0.25) is 0 Å². The van der Waals surface area contributed by atoms with E-state index in [4.69, 9.17) is 13.6 Å². The molecule has 1 unspecified atom stereocenters. The first-order valence-corrected chi connectivity index (χ1v) is 4.05. The van der Waals surface area contributed by atoms with Gasteiger partial charge in [-0.1, -0.05) is 17.1 Å². The van der Waals surface area contributed by atoms with E-state index in [1.807, 2.05) is 6.92 Å². The second-order valence-electron chi connectivity index (χ2n) is 2.64. The highest BCUT2D eigenvalue weighted by molar-refractivity contribution is 7.27. The minimum Gasteiger partial charge on any atom is -0.366 e. The van der Waals surface area contributed by atoms with Gasteiger partial charge in [-0.25, -0.2) is 0 Å². The van der Waals surface area contributed by atoms with Crippen molar-refractivity contribution in [3.8, 4) is 0 Å². The van der Waals surface area contributed by atoms with Crippen molar-refractivity contribution in [3.63, 3.8) is 0 Å². The van der Waals surface area contributed by atoms with E-state index >= 15 is 0 Å². The van der Waals surface area contributed by atoms with Gasteiger partial charge in [-0.15, -0.1) is 9.24 Å². The molecule has 60 valence electrons. The molecular formula is C8H9BNOP. The van der Waals surface area contributed by atoms with Gasteiger partial charge in [0.2, 0.25) is 5.91 Å². The van der Waals surface area contributed by atoms with Crippen LogP contribution < -0.4 is 16.5 Å². The highest BCUT2D eigenvalue weighted by Crippen LogP contribution is 2.00. The third kappa shape index (κ3) is 1.67. The van der Waals surface area contributed by atoms with Gasteiger partial charge >= 0.3 is 0 Å². The normalized spacial score (nSPS) is 9.83. The molecule has 0 aliphatic carbocycles. The molecule has 0 aliphatic rings. The van der Waals surface area contributed by atoms with Crippen molar-refractivity contribution in [2.45, 2.75) is 6.92 Å². The molecule has 1 aromatic rings. The van der Waals surface area contributed by atoms with Crippen molar-refractivity contribution in [1.82, 2.24) is 0 Å². The summed E-state index contributed by atoms with van der Waals surface area (Å²) in [5, 5.41) is 0.906. The molecule has 0 spiro atoms. The van der Waals surface area contributed by atoms with Crippen LogP contribution in [0.5, 0.6) is 0 Å². The fourth-order valence-electron chi connectivity index (χ4n) is 0.902. The average molecular weight is 177 g/mol. The summed E-state index contributed by atoms with van der Waals surface area (Å²) >= 11 is 0. The first-order chi connectivity index (χ1) is 5.52. The molecule has 0 saturated heterocycles. The number of hydrogen-bond acceptors (Lipinski definition) is 1. The van der Waals surface area contributed by atoms with Crippen molar-refractivity contribution in [1.29, 1.82) is 0 Å². The summed E-state index contributed by atoms with van der Waals surface area (Å²) in [5.41, 5.74) is 7.10. The van der Waals surface area contributed by atoms with Crippen molar-refractivity contribution in [2.75, 3.05) is 0 Å². The molecule has 0 bridgehead atoms. The maximum atomic E-state index is 10.8. The van der Waals surface area contributed by atoms with Crippen LogP contribution in [0.3, 0.4) is 0 Å². The standard InChI is InChI=1S/C8H9BNOP/c1-4-6(9)2-5(8(10)11)3-7(4)12/h2-3H,12H2,1H3,(H2,10,11). The van der Waals surface area contributed by atoms with Gasteiger partial charge in [0, 0.05) is 5.56 Å². The fraction of sp³-hybridized carbons (Fsp3) is 0.125. The zero-order valence-electron chi connectivity index (χ0n) is 6.79. The Labute approximate surface area is 75.1 Å². The number of rotatable bonds is 1. The summed E-state index contributed by atoms with van der Waals surface area (Å²) in [6.45, 7) is 1.89. The van der Waals surface area contributed by atoms with Crippen LogP contribution in [0.4, 0.5) is 0 Å². The lowest BCUT2D eigenvalue weighted by Crippen LogP contribution is -2.21. The van der Waals surface area contributed by atoms with Crippen LogP contribution >= 0.6 is 9.24 Å². The van der Waals surface area contributed by atoms with Gasteiger partial charge in [0.05, 0.1) is 0 Å². The summed E-state index contributed by atoms with van der Waals surface area (Å²) < 4.78 is 0. The Hall–Kier alpha value is -0.815. The Kier molecular flexibility index (Phi) is 2.54. The largest absolute Gasteiger partial charge is 0.366 e. The second-order valence-corrected chi connectivity index (χ2v) is 3.27. The molecule has 0 aliphatic heterocycles. The Morgan fingerprint density at radius 1 is 1.58 bits per heavy atom. The van der Waals surface area contributed by atoms with Crippen LogP contribution in [0, 0.1) is 6.92 Å². The molecule has 0 heterocycles. The molecule has 12 heavy (non-hydrogen) atoms. The summed E-state index contributed by atoms with van der Waals surface area (Å²) in [4.78, 5) is 10.8. The number of hydrogen-bond donors (Lipinski definition) is 1. The topological polar surface area (TPSA) is 43.1 Å². The Morgan fingerprint density at radius 2 is 2.17 bits per heavy atom. The summed E-state index contributed by atoms with van der Waals surface area (Å²) in [6, 6.07) is 3.30. The molecule has 2 N–H and O–H groups in total. The highest BCUT2D eigenvalue weighted by atomic mass is 31.0. The van der Waals surface area contributed by atoms with E-state index in [0.29, 0.717) is 11.0 Å². The number of carbonyl (C=O) groups excluding carboxylic acids is 1. The van der Waals surface area contributed by atoms with E-state index < -0.39 is 5.91 Å². The van der Waals surface area contributed by atoms with Gasteiger partial charge in [0.1, 0.15) is 7.85 Å². The van der Waals surface area contributed by atoms with Crippen molar-refractivity contribution >= 4 is 33.8 Å². The molecule has 1 atom stereocenters. The van der Waals surface area contributed by atoms with Crippen LogP contribution in [-0.4, -0.2) is 13.8 Å². The Morgan fingerprint density at radius 3 is 2.58 bits per heavy atom. The van der Waals surface area contributed by atoms with Gasteiger partial charge < -0.3 is 5.73 Å². The molecule has 1 aromatic carbocycles. The van der Waals surface area contributed by atoms with E-state index in [9.17, 15) is 4.79 Å². The number of carbonyl (C=O) groups is 1. The number of primary amides is 1. The van der Waals surface area contributed by atoms with E-state index in [1.165, 1.54) is 0 Å². The van der Waals surface area contributed by atoms with E-state index in [1.54, 1.807) is 12.1 Å². The zero-order chi connectivity index (χ0) is 9.30. The molecule has 2 nitrogen and oxygen atoms in total. The molecule has 0 fully saturated rings. The van der Waals surface area contributed by atoms with Gasteiger partial charge in [-0.3, -0.25) is 4.79 Å². The molecule has 1 amide bonds. The smallest absolute Gasteiger partial charge is 0.248 e. The van der Waals surface area contributed by atoms with Crippen LogP contribution in [0.1, 0.15) is 15.9 Å². The van der Waals surface area contributed by atoms with Gasteiger partial charge in [0.15, 0.2) is 0 Å². The lowest BCUT2D eigenvalue weighted by Gasteiger charge is -2.06. The monoisotopic (exact) mass is 177 g/mol.